The van der Waals surface area contributed by atoms with E-state index in [4.69, 9.17) is 17.3 Å². The minimum Gasteiger partial charge on any atom is -0.325 e. The largest absolute Gasteiger partial charge is 0.325 e. The van der Waals surface area contributed by atoms with Crippen LogP contribution in [0, 0.1) is 0 Å². The lowest BCUT2D eigenvalue weighted by atomic mass is 9.74. The number of ketones is 1. The van der Waals surface area contributed by atoms with Crippen molar-refractivity contribution in [3.05, 3.63) is 33.3 Å². The summed E-state index contributed by atoms with van der Waals surface area (Å²) in [4.78, 5) is 11.9. The fourth-order valence-corrected chi connectivity index (χ4v) is 2.88. The fourth-order valence-electron chi connectivity index (χ4n) is 2.14. The molecule has 2 rings (SSSR count). The van der Waals surface area contributed by atoms with Gasteiger partial charge in [-0.1, -0.05) is 33.6 Å². The van der Waals surface area contributed by atoms with Gasteiger partial charge in [0.15, 0.2) is 0 Å². The van der Waals surface area contributed by atoms with Gasteiger partial charge in [-0.2, -0.15) is 0 Å². The summed E-state index contributed by atoms with van der Waals surface area (Å²) in [6, 6.07) is 5.59. The van der Waals surface area contributed by atoms with Gasteiger partial charge in [0, 0.05) is 27.9 Å². The number of rotatable bonds is 4. The molecule has 1 aliphatic rings. The van der Waals surface area contributed by atoms with E-state index in [0.717, 1.165) is 29.3 Å². The highest BCUT2D eigenvalue weighted by atomic mass is 79.9. The van der Waals surface area contributed by atoms with Gasteiger partial charge in [-0.25, -0.2) is 0 Å². The van der Waals surface area contributed by atoms with Crippen LogP contribution in [0.2, 0.25) is 5.02 Å². The Morgan fingerprint density at radius 1 is 1.47 bits per heavy atom. The van der Waals surface area contributed by atoms with Gasteiger partial charge in [0.25, 0.3) is 0 Å². The monoisotopic (exact) mass is 315 g/mol. The molecule has 1 aliphatic carbocycles. The van der Waals surface area contributed by atoms with Gasteiger partial charge in [0.2, 0.25) is 0 Å². The molecule has 1 aromatic rings. The van der Waals surface area contributed by atoms with Crippen molar-refractivity contribution in [2.75, 3.05) is 0 Å². The molecule has 0 amide bonds. The zero-order valence-corrected chi connectivity index (χ0v) is 11.9. The standard InChI is InChI=1S/C13H15BrClNO/c14-10-3-2-9(12(15)7-10)6-11(17)8-13(16)4-1-5-13/h2-3,7H,1,4-6,8,16H2. The van der Waals surface area contributed by atoms with Gasteiger partial charge in [-0.3, -0.25) is 4.79 Å². The van der Waals surface area contributed by atoms with Crippen LogP contribution in [0.25, 0.3) is 0 Å². The number of carbonyl (C=O) groups is 1. The average Bonchev–Trinajstić information content (AvgIpc) is 2.20. The highest BCUT2D eigenvalue weighted by Crippen LogP contribution is 2.33. The van der Waals surface area contributed by atoms with Gasteiger partial charge in [0.05, 0.1) is 0 Å². The van der Waals surface area contributed by atoms with Gasteiger partial charge >= 0.3 is 0 Å². The van der Waals surface area contributed by atoms with Crippen LogP contribution in [-0.4, -0.2) is 11.3 Å². The molecule has 1 saturated carbocycles. The van der Waals surface area contributed by atoms with Gasteiger partial charge in [-0.15, -0.1) is 0 Å². The SMILES string of the molecule is NC1(CC(=O)Cc2ccc(Br)cc2Cl)CCC1. The van der Waals surface area contributed by atoms with Crippen molar-refractivity contribution in [3.8, 4) is 0 Å². The molecule has 0 unspecified atom stereocenters. The first kappa shape index (κ1) is 13.1. The average molecular weight is 317 g/mol. The first-order valence-electron chi connectivity index (χ1n) is 5.73. The maximum Gasteiger partial charge on any atom is 0.139 e. The highest BCUT2D eigenvalue weighted by Gasteiger charge is 2.34. The van der Waals surface area contributed by atoms with Crippen molar-refractivity contribution in [2.24, 2.45) is 5.73 Å². The van der Waals surface area contributed by atoms with Crippen LogP contribution >= 0.6 is 27.5 Å². The molecular formula is C13H15BrClNO. The number of benzene rings is 1. The Bertz CT molecular complexity index is 443. The lowest BCUT2D eigenvalue weighted by Gasteiger charge is -2.37. The summed E-state index contributed by atoms with van der Waals surface area (Å²) in [5.74, 6) is 0.177. The molecule has 0 aromatic heterocycles. The molecule has 1 aromatic carbocycles. The number of hydrogen-bond acceptors (Lipinski definition) is 2. The number of Topliss-reactive ketones (excluding diaryl/α,β-unsaturated/α-hetero) is 1. The molecule has 17 heavy (non-hydrogen) atoms. The topological polar surface area (TPSA) is 43.1 Å². The number of hydrogen-bond donors (Lipinski definition) is 1. The van der Waals surface area contributed by atoms with Crippen LogP contribution in [0.1, 0.15) is 31.2 Å². The Labute approximate surface area is 115 Å². The third-order valence-corrected chi connectivity index (χ3v) is 4.15. The third kappa shape index (κ3) is 3.30. The van der Waals surface area contributed by atoms with Gasteiger partial charge in [-0.05, 0) is 37.0 Å². The van der Waals surface area contributed by atoms with E-state index >= 15 is 0 Å². The Balaban J connectivity index is 1.98. The van der Waals surface area contributed by atoms with E-state index < -0.39 is 0 Å². The minimum atomic E-state index is -0.237. The molecule has 0 atom stereocenters. The number of carbonyl (C=O) groups excluding carboxylic acids is 1. The van der Waals surface area contributed by atoms with E-state index in [9.17, 15) is 4.79 Å². The van der Waals surface area contributed by atoms with Crippen molar-refractivity contribution in [1.29, 1.82) is 0 Å². The van der Waals surface area contributed by atoms with Crippen LogP contribution < -0.4 is 5.73 Å². The summed E-state index contributed by atoms with van der Waals surface area (Å²) < 4.78 is 0.924. The van der Waals surface area contributed by atoms with Gasteiger partial charge in [0.1, 0.15) is 5.78 Å². The first-order chi connectivity index (χ1) is 7.98. The van der Waals surface area contributed by atoms with Crippen LogP contribution in [0.15, 0.2) is 22.7 Å². The Hall–Kier alpha value is -0.380. The Morgan fingerprint density at radius 3 is 2.71 bits per heavy atom. The zero-order valence-electron chi connectivity index (χ0n) is 9.51. The summed E-state index contributed by atoms with van der Waals surface area (Å²) >= 11 is 9.42. The maximum absolute atomic E-state index is 11.9. The smallest absolute Gasteiger partial charge is 0.139 e. The minimum absolute atomic E-state index is 0.177. The molecule has 2 nitrogen and oxygen atoms in total. The fraction of sp³-hybridized carbons (Fsp3) is 0.462. The van der Waals surface area contributed by atoms with Crippen LogP contribution in [0.3, 0.4) is 0 Å². The van der Waals surface area contributed by atoms with Crippen molar-refractivity contribution in [2.45, 2.75) is 37.6 Å². The predicted molar refractivity (Wildman–Crippen MR) is 73.2 cm³/mol. The summed E-state index contributed by atoms with van der Waals surface area (Å²) in [7, 11) is 0. The number of nitrogens with two attached hydrogens (primary N) is 1. The second-order valence-corrected chi connectivity index (χ2v) is 6.17. The molecule has 0 bridgehead atoms. The Kier molecular flexibility index (Phi) is 3.91. The van der Waals surface area contributed by atoms with Crippen molar-refractivity contribution in [1.82, 2.24) is 0 Å². The van der Waals surface area contributed by atoms with E-state index in [2.05, 4.69) is 15.9 Å². The molecule has 1 fully saturated rings. The highest BCUT2D eigenvalue weighted by molar-refractivity contribution is 9.10. The summed E-state index contributed by atoms with van der Waals surface area (Å²) in [6.07, 6.45) is 3.92. The van der Waals surface area contributed by atoms with Crippen molar-refractivity contribution in [3.63, 3.8) is 0 Å². The predicted octanol–water partition coefficient (Wildman–Crippen LogP) is 3.49. The summed E-state index contributed by atoms with van der Waals surface area (Å²) in [5.41, 5.74) is 6.70. The molecule has 2 N–H and O–H groups in total. The Morgan fingerprint density at radius 2 is 2.18 bits per heavy atom. The number of halogens is 2. The maximum atomic E-state index is 11.9. The van der Waals surface area contributed by atoms with Gasteiger partial charge < -0.3 is 5.73 Å². The molecule has 0 radical (unpaired) electrons. The lowest BCUT2D eigenvalue weighted by Crippen LogP contribution is -2.48. The van der Waals surface area contributed by atoms with Crippen LogP contribution in [-0.2, 0) is 11.2 Å². The zero-order chi connectivity index (χ0) is 12.5. The molecule has 92 valence electrons. The lowest BCUT2D eigenvalue weighted by molar-refractivity contribution is -0.120. The molecule has 0 heterocycles. The summed E-state index contributed by atoms with van der Waals surface area (Å²) in [6.45, 7) is 0. The molecular weight excluding hydrogens is 302 g/mol. The second-order valence-electron chi connectivity index (χ2n) is 4.84. The van der Waals surface area contributed by atoms with E-state index in [1.54, 1.807) is 0 Å². The molecule has 4 heteroatoms. The van der Waals surface area contributed by atoms with Crippen molar-refractivity contribution >= 4 is 33.3 Å². The molecule has 0 aliphatic heterocycles. The normalized spacial score (nSPS) is 17.6. The van der Waals surface area contributed by atoms with E-state index in [1.165, 1.54) is 0 Å². The first-order valence-corrected chi connectivity index (χ1v) is 6.90. The molecule has 0 spiro atoms. The second kappa shape index (κ2) is 5.09. The summed E-state index contributed by atoms with van der Waals surface area (Å²) in [5, 5.41) is 0.632. The quantitative estimate of drug-likeness (QED) is 0.924. The van der Waals surface area contributed by atoms with E-state index in [-0.39, 0.29) is 11.3 Å². The van der Waals surface area contributed by atoms with Crippen molar-refractivity contribution < 1.29 is 4.79 Å². The van der Waals surface area contributed by atoms with Crippen LogP contribution in [0.5, 0.6) is 0 Å². The van der Waals surface area contributed by atoms with E-state index in [0.29, 0.717) is 17.9 Å². The van der Waals surface area contributed by atoms with E-state index in [1.807, 2.05) is 18.2 Å². The molecule has 0 saturated heterocycles. The van der Waals surface area contributed by atoms with Crippen LogP contribution in [0.4, 0.5) is 0 Å². The third-order valence-electron chi connectivity index (χ3n) is 3.30.